The van der Waals surface area contributed by atoms with Gasteiger partial charge in [-0.3, -0.25) is 4.98 Å². The molecule has 17 heavy (non-hydrogen) atoms. The van der Waals surface area contributed by atoms with Gasteiger partial charge in [0, 0.05) is 29.7 Å². The minimum Gasteiger partial charge on any atom is -0.360 e. The molecule has 2 aromatic heterocycles. The minimum atomic E-state index is -0.452. The van der Waals surface area contributed by atoms with E-state index < -0.39 is 10.0 Å². The number of aromatic nitrogens is 2. The lowest BCUT2D eigenvalue weighted by molar-refractivity contribution is 0.0927. The third kappa shape index (κ3) is 3.48. The molecule has 3 nitrogen and oxygen atoms in total. The summed E-state index contributed by atoms with van der Waals surface area (Å²) in [6.07, 6.45) is 12.7. The van der Waals surface area contributed by atoms with Crippen LogP contribution in [-0.4, -0.2) is 40.7 Å². The average molecular weight is 252 g/mol. The van der Waals surface area contributed by atoms with E-state index in [1.165, 1.54) is 5.52 Å². The predicted octanol–water partition coefficient (Wildman–Crippen LogP) is 2.70. The van der Waals surface area contributed by atoms with Crippen LogP contribution in [0.5, 0.6) is 0 Å². The first kappa shape index (κ1) is 12.5. The second-order valence-corrected chi connectivity index (χ2v) is 9.64. The summed E-state index contributed by atoms with van der Waals surface area (Å²) >= 11 is 0. The first-order valence-electron chi connectivity index (χ1n) is 5.69. The molecule has 4 heteroatoms. The smallest absolute Gasteiger partial charge is 0.122 e. The van der Waals surface area contributed by atoms with E-state index in [0.29, 0.717) is 6.73 Å². The van der Waals surface area contributed by atoms with Crippen LogP contribution in [0.2, 0.25) is 0 Å². The van der Waals surface area contributed by atoms with Gasteiger partial charge in [-0.25, -0.2) is 10.0 Å². The zero-order valence-electron chi connectivity index (χ0n) is 10.7. The van der Waals surface area contributed by atoms with E-state index in [2.05, 4.69) is 40.6 Å². The number of rotatable bonds is 5. The van der Waals surface area contributed by atoms with Gasteiger partial charge in [0.15, 0.2) is 0 Å². The van der Waals surface area contributed by atoms with Crippen molar-refractivity contribution in [1.82, 2.24) is 9.55 Å². The summed E-state index contributed by atoms with van der Waals surface area (Å²) in [7, 11) is -0.452. The van der Waals surface area contributed by atoms with Crippen molar-refractivity contribution < 1.29 is 4.74 Å². The number of ether oxygens (including phenoxy) is 1. The molecule has 0 unspecified atom stereocenters. The highest BCUT2D eigenvalue weighted by molar-refractivity contribution is 8.32. The molecule has 0 N–H and O–H groups in total. The van der Waals surface area contributed by atoms with Crippen molar-refractivity contribution in [2.24, 2.45) is 0 Å². The molecule has 0 spiro atoms. The summed E-state index contributed by atoms with van der Waals surface area (Å²) in [4.78, 5) is 4.10. The standard InChI is InChI=1S/C13H20N2OS/c1-17(2,3)9-8-16-11-15-7-5-12-10-14-6-4-13(12)15/h4-7,10H,8-9,11H2,1-3H3. The largest absolute Gasteiger partial charge is 0.360 e. The van der Waals surface area contributed by atoms with Crippen molar-refractivity contribution in [2.45, 2.75) is 6.73 Å². The van der Waals surface area contributed by atoms with Gasteiger partial charge >= 0.3 is 0 Å². The molecule has 0 saturated carbocycles. The molecule has 2 heterocycles. The first-order valence-corrected chi connectivity index (χ1v) is 8.71. The zero-order valence-corrected chi connectivity index (χ0v) is 11.5. The topological polar surface area (TPSA) is 27.1 Å². The van der Waals surface area contributed by atoms with Crippen LogP contribution in [0.4, 0.5) is 0 Å². The number of pyridine rings is 1. The maximum Gasteiger partial charge on any atom is 0.122 e. The number of nitrogens with zero attached hydrogens (tertiary/aromatic N) is 2. The van der Waals surface area contributed by atoms with Crippen LogP contribution >= 0.6 is 10.0 Å². The van der Waals surface area contributed by atoms with Gasteiger partial charge in [-0.2, -0.15) is 0 Å². The summed E-state index contributed by atoms with van der Waals surface area (Å²) in [6, 6.07) is 4.09. The lowest BCUT2D eigenvalue weighted by Gasteiger charge is -2.24. The molecule has 0 radical (unpaired) electrons. The number of fused-ring (bicyclic) bond motifs is 1. The molecular formula is C13H20N2OS. The Morgan fingerprint density at radius 2 is 2.12 bits per heavy atom. The molecule has 94 valence electrons. The van der Waals surface area contributed by atoms with Crippen molar-refractivity contribution in [3.05, 3.63) is 30.7 Å². The van der Waals surface area contributed by atoms with E-state index in [9.17, 15) is 0 Å². The van der Waals surface area contributed by atoms with Crippen LogP contribution in [0.3, 0.4) is 0 Å². The Hall–Kier alpha value is -1.00. The van der Waals surface area contributed by atoms with Gasteiger partial charge in [0.2, 0.25) is 0 Å². The Morgan fingerprint density at radius 1 is 1.29 bits per heavy atom. The van der Waals surface area contributed by atoms with Crippen LogP contribution in [0.25, 0.3) is 10.9 Å². The van der Waals surface area contributed by atoms with Crippen molar-refractivity contribution in [1.29, 1.82) is 0 Å². The second kappa shape index (κ2) is 5.10. The minimum absolute atomic E-state index is 0.452. The number of hydrogen-bond donors (Lipinski definition) is 0. The Kier molecular flexibility index (Phi) is 3.74. The van der Waals surface area contributed by atoms with Crippen molar-refractivity contribution in [2.75, 3.05) is 31.1 Å². The molecule has 0 aliphatic heterocycles. The van der Waals surface area contributed by atoms with Gasteiger partial charge in [-0.15, -0.1) is 0 Å². The highest BCUT2D eigenvalue weighted by Gasteiger charge is 2.04. The van der Waals surface area contributed by atoms with Gasteiger partial charge in [0.05, 0.1) is 12.1 Å². The first-order chi connectivity index (χ1) is 8.06. The Morgan fingerprint density at radius 3 is 2.88 bits per heavy atom. The van der Waals surface area contributed by atoms with Crippen molar-refractivity contribution in [3.8, 4) is 0 Å². The Balaban J connectivity index is 1.91. The fourth-order valence-electron chi connectivity index (χ4n) is 1.62. The van der Waals surface area contributed by atoms with E-state index in [1.807, 2.05) is 18.5 Å². The normalized spacial score (nSPS) is 13.1. The fraction of sp³-hybridized carbons (Fsp3) is 0.462. The maximum atomic E-state index is 5.73. The summed E-state index contributed by atoms with van der Waals surface area (Å²) in [5.74, 6) is 1.16. The Bertz CT molecular complexity index is 487. The SMILES string of the molecule is CS(C)(C)CCOCn1ccc2cnccc21. The highest BCUT2D eigenvalue weighted by atomic mass is 32.3. The van der Waals surface area contributed by atoms with Crippen LogP contribution in [0.1, 0.15) is 0 Å². The van der Waals surface area contributed by atoms with E-state index in [-0.39, 0.29) is 0 Å². The van der Waals surface area contributed by atoms with E-state index in [4.69, 9.17) is 4.74 Å². The van der Waals surface area contributed by atoms with E-state index >= 15 is 0 Å². The summed E-state index contributed by atoms with van der Waals surface area (Å²) in [5.41, 5.74) is 1.18. The molecule has 0 saturated heterocycles. The molecule has 0 aliphatic carbocycles. The van der Waals surface area contributed by atoms with Gasteiger partial charge in [-0.05, 0) is 30.9 Å². The van der Waals surface area contributed by atoms with Crippen molar-refractivity contribution in [3.63, 3.8) is 0 Å². The zero-order chi connectivity index (χ0) is 12.3. The Labute approximate surface area is 104 Å². The summed E-state index contributed by atoms with van der Waals surface area (Å²) in [5, 5.41) is 1.16. The molecule has 2 rings (SSSR count). The van der Waals surface area contributed by atoms with Gasteiger partial charge < -0.3 is 9.30 Å². The van der Waals surface area contributed by atoms with Crippen LogP contribution in [0, 0.1) is 0 Å². The maximum absolute atomic E-state index is 5.73. The second-order valence-electron chi connectivity index (χ2n) is 5.05. The molecule has 0 fully saturated rings. The fourth-order valence-corrected chi connectivity index (χ4v) is 2.24. The predicted molar refractivity (Wildman–Crippen MR) is 75.9 cm³/mol. The van der Waals surface area contributed by atoms with E-state index in [1.54, 1.807) is 0 Å². The van der Waals surface area contributed by atoms with Gasteiger partial charge in [0.25, 0.3) is 0 Å². The lowest BCUT2D eigenvalue weighted by atomic mass is 10.3. The van der Waals surface area contributed by atoms with Crippen LogP contribution in [-0.2, 0) is 11.5 Å². The van der Waals surface area contributed by atoms with E-state index in [0.717, 1.165) is 17.7 Å². The molecule has 0 atom stereocenters. The van der Waals surface area contributed by atoms with Crippen LogP contribution in [0.15, 0.2) is 30.7 Å². The van der Waals surface area contributed by atoms with Crippen LogP contribution < -0.4 is 0 Å². The third-order valence-corrected chi connectivity index (χ3v) is 4.03. The monoisotopic (exact) mass is 252 g/mol. The number of hydrogen-bond acceptors (Lipinski definition) is 2. The third-order valence-electron chi connectivity index (χ3n) is 2.64. The summed E-state index contributed by atoms with van der Waals surface area (Å²) in [6.45, 7) is 1.46. The molecule has 0 amide bonds. The summed E-state index contributed by atoms with van der Waals surface area (Å²) < 4.78 is 7.85. The quantitative estimate of drug-likeness (QED) is 0.765. The molecule has 0 aromatic carbocycles. The lowest BCUT2D eigenvalue weighted by Crippen LogP contribution is -2.09. The van der Waals surface area contributed by atoms with Gasteiger partial charge in [0.1, 0.15) is 6.73 Å². The van der Waals surface area contributed by atoms with Crippen molar-refractivity contribution >= 4 is 20.9 Å². The highest BCUT2D eigenvalue weighted by Crippen LogP contribution is 2.33. The molecular weight excluding hydrogens is 232 g/mol. The van der Waals surface area contributed by atoms with Gasteiger partial charge in [-0.1, -0.05) is 0 Å². The molecule has 0 aliphatic rings. The molecule has 2 aromatic rings. The average Bonchev–Trinajstić information content (AvgIpc) is 2.67. The molecule has 0 bridgehead atoms.